The largest absolute Gasteiger partial charge is 0.439 e. The van der Waals surface area contributed by atoms with E-state index in [-0.39, 0.29) is 5.69 Å². The van der Waals surface area contributed by atoms with E-state index in [0.717, 1.165) is 0 Å². The molecule has 2 aromatic rings. The van der Waals surface area contributed by atoms with E-state index in [0.29, 0.717) is 23.0 Å². The number of nitro benzene ring substituents is 1. The summed E-state index contributed by atoms with van der Waals surface area (Å²) < 4.78 is 5.61. The molecule has 0 spiro atoms. The third kappa shape index (κ3) is 2.98. The van der Waals surface area contributed by atoms with Gasteiger partial charge in [0, 0.05) is 25.2 Å². The first kappa shape index (κ1) is 12.8. The Morgan fingerprint density at radius 2 is 2.11 bits per heavy atom. The van der Waals surface area contributed by atoms with E-state index < -0.39 is 4.92 Å². The maximum absolute atomic E-state index is 10.7. The fourth-order valence-electron chi connectivity index (χ4n) is 1.59. The molecule has 0 bridgehead atoms. The van der Waals surface area contributed by atoms with Crippen molar-refractivity contribution in [1.29, 1.82) is 0 Å². The van der Waals surface area contributed by atoms with Gasteiger partial charge in [-0.1, -0.05) is 6.07 Å². The number of ether oxygens (including phenoxy) is 1. The smallest absolute Gasteiger partial charge is 0.269 e. The molecule has 0 aliphatic heterocycles. The van der Waals surface area contributed by atoms with Gasteiger partial charge >= 0.3 is 0 Å². The molecule has 2 rings (SSSR count). The summed E-state index contributed by atoms with van der Waals surface area (Å²) in [4.78, 5) is 14.4. The highest BCUT2D eigenvalue weighted by Crippen LogP contribution is 2.27. The Hall–Kier alpha value is -2.63. The molecular weight excluding hydrogens is 246 g/mol. The normalized spacial score (nSPS) is 10.0. The quantitative estimate of drug-likeness (QED) is 0.674. The van der Waals surface area contributed by atoms with Crippen LogP contribution < -0.4 is 10.1 Å². The van der Waals surface area contributed by atoms with Crippen LogP contribution in [0, 0.1) is 17.0 Å². The maximum atomic E-state index is 10.7. The van der Waals surface area contributed by atoms with Crippen LogP contribution in [0.2, 0.25) is 0 Å². The lowest BCUT2D eigenvalue weighted by Gasteiger charge is -2.08. The van der Waals surface area contributed by atoms with Crippen molar-refractivity contribution in [3.63, 3.8) is 0 Å². The highest BCUT2D eigenvalue weighted by molar-refractivity contribution is 5.45. The van der Waals surface area contributed by atoms with E-state index >= 15 is 0 Å². The highest BCUT2D eigenvalue weighted by Gasteiger charge is 2.10. The summed E-state index contributed by atoms with van der Waals surface area (Å²) in [6, 6.07) is 9.80. The number of nitro groups is 1. The molecule has 0 saturated carbocycles. The average Bonchev–Trinajstić information content (AvgIpc) is 2.41. The number of rotatable bonds is 4. The van der Waals surface area contributed by atoms with Crippen LogP contribution in [0.4, 0.5) is 11.5 Å². The fourth-order valence-corrected chi connectivity index (χ4v) is 1.59. The fraction of sp³-hybridized carbons (Fsp3) is 0.154. The van der Waals surface area contributed by atoms with Crippen molar-refractivity contribution in [3.05, 3.63) is 52.1 Å². The lowest BCUT2D eigenvalue weighted by molar-refractivity contribution is -0.384. The lowest BCUT2D eigenvalue weighted by Crippen LogP contribution is -1.96. The Labute approximate surface area is 110 Å². The molecule has 0 aliphatic carbocycles. The summed E-state index contributed by atoms with van der Waals surface area (Å²) in [5.74, 6) is 1.67. The van der Waals surface area contributed by atoms with E-state index in [4.69, 9.17) is 4.74 Å². The van der Waals surface area contributed by atoms with Crippen molar-refractivity contribution < 1.29 is 9.66 Å². The van der Waals surface area contributed by atoms with Gasteiger partial charge in [-0.25, -0.2) is 0 Å². The summed E-state index contributed by atoms with van der Waals surface area (Å²) in [6.45, 7) is 1.75. The molecule has 0 aliphatic rings. The van der Waals surface area contributed by atoms with Crippen LogP contribution in [0.5, 0.6) is 11.6 Å². The molecule has 0 atom stereocenters. The zero-order chi connectivity index (χ0) is 13.8. The van der Waals surface area contributed by atoms with Crippen LogP contribution in [-0.2, 0) is 0 Å². The first-order valence-electron chi connectivity index (χ1n) is 5.68. The van der Waals surface area contributed by atoms with E-state index in [1.54, 1.807) is 26.1 Å². The molecule has 1 aromatic heterocycles. The van der Waals surface area contributed by atoms with Gasteiger partial charge in [0.2, 0.25) is 5.88 Å². The van der Waals surface area contributed by atoms with Gasteiger partial charge in [-0.15, -0.1) is 0 Å². The van der Waals surface area contributed by atoms with Crippen LogP contribution in [0.1, 0.15) is 5.56 Å². The highest BCUT2D eigenvalue weighted by atomic mass is 16.6. The number of benzene rings is 1. The maximum Gasteiger partial charge on any atom is 0.269 e. The van der Waals surface area contributed by atoms with Gasteiger partial charge in [0.1, 0.15) is 11.6 Å². The predicted octanol–water partition coefficient (Wildman–Crippen LogP) is 3.13. The summed E-state index contributed by atoms with van der Waals surface area (Å²) in [6.07, 6.45) is 0. The monoisotopic (exact) mass is 259 g/mol. The lowest BCUT2D eigenvalue weighted by atomic mass is 10.2. The van der Waals surface area contributed by atoms with Gasteiger partial charge in [0.15, 0.2) is 0 Å². The number of aryl methyl sites for hydroxylation is 1. The van der Waals surface area contributed by atoms with Gasteiger partial charge in [0.05, 0.1) is 4.92 Å². The number of hydrogen-bond donors (Lipinski definition) is 1. The van der Waals surface area contributed by atoms with Gasteiger partial charge in [-0.3, -0.25) is 10.1 Å². The second-order valence-corrected chi connectivity index (χ2v) is 3.92. The third-order valence-electron chi connectivity index (χ3n) is 2.56. The van der Waals surface area contributed by atoms with Crippen molar-refractivity contribution >= 4 is 11.5 Å². The van der Waals surface area contributed by atoms with Crippen LogP contribution in [0.15, 0.2) is 36.4 Å². The second kappa shape index (κ2) is 5.34. The summed E-state index contributed by atoms with van der Waals surface area (Å²) in [7, 11) is 1.77. The Balaban J connectivity index is 2.25. The van der Waals surface area contributed by atoms with Crippen molar-refractivity contribution in [3.8, 4) is 11.6 Å². The van der Waals surface area contributed by atoms with Gasteiger partial charge in [-0.2, -0.15) is 4.98 Å². The van der Waals surface area contributed by atoms with E-state index in [1.807, 2.05) is 12.1 Å². The number of nitrogens with zero attached hydrogens (tertiary/aromatic N) is 2. The Bertz CT molecular complexity index is 614. The number of pyridine rings is 1. The number of anilines is 1. The number of hydrogen-bond acceptors (Lipinski definition) is 5. The van der Waals surface area contributed by atoms with Gasteiger partial charge in [0.25, 0.3) is 5.69 Å². The average molecular weight is 259 g/mol. The molecule has 6 heteroatoms. The summed E-state index contributed by atoms with van der Waals surface area (Å²) in [5.41, 5.74) is 0.729. The zero-order valence-corrected chi connectivity index (χ0v) is 10.6. The van der Waals surface area contributed by atoms with Crippen molar-refractivity contribution in [2.75, 3.05) is 12.4 Å². The van der Waals surface area contributed by atoms with Gasteiger partial charge in [-0.05, 0) is 24.6 Å². The Morgan fingerprint density at radius 3 is 2.74 bits per heavy atom. The minimum absolute atomic E-state index is 0.0433. The van der Waals surface area contributed by atoms with Gasteiger partial charge < -0.3 is 10.1 Å². The first-order chi connectivity index (χ1) is 9.10. The molecule has 6 nitrogen and oxygen atoms in total. The first-order valence-corrected chi connectivity index (χ1v) is 5.68. The van der Waals surface area contributed by atoms with Crippen LogP contribution in [-0.4, -0.2) is 17.0 Å². The second-order valence-electron chi connectivity index (χ2n) is 3.92. The molecule has 1 aromatic carbocycles. The zero-order valence-electron chi connectivity index (χ0n) is 10.6. The molecule has 19 heavy (non-hydrogen) atoms. The predicted molar refractivity (Wildman–Crippen MR) is 71.7 cm³/mol. The van der Waals surface area contributed by atoms with Crippen molar-refractivity contribution in [2.24, 2.45) is 0 Å². The SMILES string of the molecule is CNc1cccc(Oc2ccc([N+](=O)[O-])cc2C)n1. The molecule has 0 amide bonds. The molecule has 0 fully saturated rings. The summed E-state index contributed by atoms with van der Waals surface area (Å²) in [5, 5.41) is 13.6. The van der Waals surface area contributed by atoms with Crippen LogP contribution >= 0.6 is 0 Å². The minimum Gasteiger partial charge on any atom is -0.439 e. The molecule has 0 radical (unpaired) electrons. The standard InChI is InChI=1S/C13H13N3O3/c1-9-8-10(16(17)18)6-7-11(9)19-13-5-3-4-12(14-2)15-13/h3-8H,1-2H3,(H,14,15). The van der Waals surface area contributed by atoms with Crippen LogP contribution in [0.3, 0.4) is 0 Å². The van der Waals surface area contributed by atoms with E-state index in [2.05, 4.69) is 10.3 Å². The Morgan fingerprint density at radius 1 is 1.32 bits per heavy atom. The van der Waals surface area contributed by atoms with E-state index in [1.165, 1.54) is 12.1 Å². The molecule has 0 saturated heterocycles. The number of non-ortho nitro benzene ring substituents is 1. The molecule has 1 heterocycles. The number of nitrogens with one attached hydrogen (secondary N) is 1. The molecule has 0 unspecified atom stereocenters. The Kier molecular flexibility index (Phi) is 3.61. The van der Waals surface area contributed by atoms with Crippen LogP contribution in [0.25, 0.3) is 0 Å². The topological polar surface area (TPSA) is 77.3 Å². The molecule has 1 N–H and O–H groups in total. The number of aromatic nitrogens is 1. The summed E-state index contributed by atoms with van der Waals surface area (Å²) >= 11 is 0. The molecular formula is C13H13N3O3. The third-order valence-corrected chi connectivity index (χ3v) is 2.56. The van der Waals surface area contributed by atoms with E-state index in [9.17, 15) is 10.1 Å². The molecule has 98 valence electrons. The van der Waals surface area contributed by atoms with Crippen molar-refractivity contribution in [1.82, 2.24) is 4.98 Å². The van der Waals surface area contributed by atoms with Crippen molar-refractivity contribution in [2.45, 2.75) is 6.92 Å². The minimum atomic E-state index is -0.434.